The molecule has 1 atom stereocenters. The molecular formula is C17H22N4O4. The van der Waals surface area contributed by atoms with Crippen LogP contribution in [-0.4, -0.2) is 34.8 Å². The molecule has 8 nitrogen and oxygen atoms in total. The molecule has 0 fully saturated rings. The first-order valence-corrected chi connectivity index (χ1v) is 7.97. The summed E-state index contributed by atoms with van der Waals surface area (Å²) in [5.74, 6) is 1.47. The van der Waals surface area contributed by atoms with E-state index in [4.69, 9.17) is 9.47 Å². The maximum absolute atomic E-state index is 12.2. The molecular weight excluding hydrogens is 324 g/mol. The summed E-state index contributed by atoms with van der Waals surface area (Å²) in [5, 5.41) is 10.6. The van der Waals surface area contributed by atoms with Gasteiger partial charge < -0.3 is 19.8 Å². The van der Waals surface area contributed by atoms with Crippen molar-refractivity contribution in [1.82, 2.24) is 20.5 Å². The predicted molar refractivity (Wildman–Crippen MR) is 91.9 cm³/mol. The highest BCUT2D eigenvalue weighted by atomic mass is 16.5. The van der Waals surface area contributed by atoms with Crippen LogP contribution in [0.5, 0.6) is 11.5 Å². The third-order valence-electron chi connectivity index (χ3n) is 3.50. The van der Waals surface area contributed by atoms with Gasteiger partial charge >= 0.3 is 0 Å². The van der Waals surface area contributed by atoms with Crippen LogP contribution in [0.25, 0.3) is 0 Å². The van der Waals surface area contributed by atoms with E-state index >= 15 is 0 Å². The minimum atomic E-state index is -0.506. The standard InChI is InChI=1S/C17H22N4O4/c1-5-25-14-8-12(6-7-13(14)24-4)9-15-19-17(23)16(21-20-15)10(2)18-11(3)22/h6-8,10H,5,9H2,1-4H3,(H,18,22)(H,19,20,23). The third-order valence-corrected chi connectivity index (χ3v) is 3.50. The molecule has 0 spiro atoms. The van der Waals surface area contributed by atoms with Crippen molar-refractivity contribution in [1.29, 1.82) is 0 Å². The molecule has 1 aromatic carbocycles. The summed E-state index contributed by atoms with van der Waals surface area (Å²) in [6.07, 6.45) is 0.390. The van der Waals surface area contributed by atoms with Gasteiger partial charge in [0.2, 0.25) is 5.91 Å². The van der Waals surface area contributed by atoms with Gasteiger partial charge in [-0.15, -0.1) is 10.2 Å². The molecule has 0 aliphatic carbocycles. The molecule has 1 aromatic heterocycles. The van der Waals surface area contributed by atoms with E-state index in [0.717, 1.165) is 5.56 Å². The lowest BCUT2D eigenvalue weighted by atomic mass is 10.1. The van der Waals surface area contributed by atoms with Crippen LogP contribution >= 0.6 is 0 Å². The highest BCUT2D eigenvalue weighted by Crippen LogP contribution is 2.28. The average Bonchev–Trinajstić information content (AvgIpc) is 2.55. The number of methoxy groups -OCH3 is 1. The number of H-pyrrole nitrogens is 1. The molecule has 1 unspecified atom stereocenters. The number of rotatable bonds is 7. The molecule has 1 amide bonds. The fourth-order valence-corrected chi connectivity index (χ4v) is 2.41. The van der Waals surface area contributed by atoms with Crippen LogP contribution < -0.4 is 20.3 Å². The van der Waals surface area contributed by atoms with Gasteiger partial charge in [0.1, 0.15) is 11.5 Å². The molecule has 2 N–H and O–H groups in total. The SMILES string of the molecule is CCOc1cc(Cc2nnc(C(C)NC(C)=O)c(=O)[nH]2)ccc1OC. The summed E-state index contributed by atoms with van der Waals surface area (Å²) in [6, 6.07) is 5.01. The van der Waals surface area contributed by atoms with E-state index in [2.05, 4.69) is 20.5 Å². The second kappa shape index (κ2) is 8.27. The summed E-state index contributed by atoms with van der Waals surface area (Å²) in [5.41, 5.74) is 0.699. The maximum Gasteiger partial charge on any atom is 0.275 e. The zero-order valence-corrected chi connectivity index (χ0v) is 14.8. The minimum absolute atomic E-state index is 0.170. The van der Waals surface area contributed by atoms with Crippen LogP contribution in [-0.2, 0) is 11.2 Å². The Morgan fingerprint density at radius 3 is 2.68 bits per heavy atom. The number of carbonyl (C=O) groups is 1. The molecule has 0 aliphatic heterocycles. The Morgan fingerprint density at radius 2 is 2.08 bits per heavy atom. The number of hydrogen-bond acceptors (Lipinski definition) is 6. The summed E-state index contributed by atoms with van der Waals surface area (Å²) in [4.78, 5) is 26.0. The van der Waals surface area contributed by atoms with E-state index in [-0.39, 0.29) is 17.2 Å². The highest BCUT2D eigenvalue weighted by Gasteiger charge is 2.14. The van der Waals surface area contributed by atoms with Crippen LogP contribution in [0.15, 0.2) is 23.0 Å². The van der Waals surface area contributed by atoms with Gasteiger partial charge in [-0.05, 0) is 31.5 Å². The van der Waals surface area contributed by atoms with Gasteiger partial charge in [0.25, 0.3) is 5.56 Å². The van der Waals surface area contributed by atoms with E-state index < -0.39 is 6.04 Å². The largest absolute Gasteiger partial charge is 0.493 e. The molecule has 0 saturated carbocycles. The van der Waals surface area contributed by atoms with Crippen molar-refractivity contribution in [3.8, 4) is 11.5 Å². The highest BCUT2D eigenvalue weighted by molar-refractivity contribution is 5.73. The Kier molecular flexibility index (Phi) is 6.10. The molecule has 2 aromatic rings. The lowest BCUT2D eigenvalue weighted by Gasteiger charge is -2.12. The van der Waals surface area contributed by atoms with Gasteiger partial charge in [0.05, 0.1) is 19.8 Å². The molecule has 0 bridgehead atoms. The molecule has 0 radical (unpaired) electrons. The van der Waals surface area contributed by atoms with Gasteiger partial charge in [-0.25, -0.2) is 0 Å². The zero-order valence-electron chi connectivity index (χ0n) is 14.8. The monoisotopic (exact) mass is 346 g/mol. The molecule has 2 rings (SSSR count). The summed E-state index contributed by atoms with van der Waals surface area (Å²) in [6.45, 7) is 5.47. The van der Waals surface area contributed by atoms with Gasteiger partial charge in [0, 0.05) is 13.3 Å². The molecule has 0 saturated heterocycles. The molecule has 8 heteroatoms. The fourth-order valence-electron chi connectivity index (χ4n) is 2.41. The average molecular weight is 346 g/mol. The summed E-state index contributed by atoms with van der Waals surface area (Å²) < 4.78 is 10.8. The van der Waals surface area contributed by atoms with Crippen LogP contribution in [0.1, 0.15) is 43.9 Å². The third kappa shape index (κ3) is 4.79. The smallest absolute Gasteiger partial charge is 0.275 e. The van der Waals surface area contributed by atoms with Gasteiger partial charge in [0.15, 0.2) is 11.5 Å². The number of ether oxygens (including phenoxy) is 2. The fraction of sp³-hybridized carbons (Fsp3) is 0.412. The van der Waals surface area contributed by atoms with Crippen molar-refractivity contribution in [3.05, 3.63) is 45.6 Å². The minimum Gasteiger partial charge on any atom is -0.493 e. The second-order valence-electron chi connectivity index (χ2n) is 5.50. The van der Waals surface area contributed by atoms with E-state index in [9.17, 15) is 9.59 Å². The number of hydrogen-bond donors (Lipinski definition) is 2. The first kappa shape index (κ1) is 18.4. The number of aromatic nitrogens is 3. The lowest BCUT2D eigenvalue weighted by molar-refractivity contribution is -0.119. The summed E-state index contributed by atoms with van der Waals surface area (Å²) >= 11 is 0. The molecule has 0 aliphatic rings. The van der Waals surface area contributed by atoms with Crippen molar-refractivity contribution >= 4 is 5.91 Å². The second-order valence-corrected chi connectivity index (χ2v) is 5.50. The van der Waals surface area contributed by atoms with Crippen molar-refractivity contribution in [3.63, 3.8) is 0 Å². The number of nitrogens with zero attached hydrogens (tertiary/aromatic N) is 2. The van der Waals surface area contributed by atoms with Crippen LogP contribution in [0, 0.1) is 0 Å². The van der Waals surface area contributed by atoms with E-state index in [1.165, 1.54) is 6.92 Å². The first-order valence-electron chi connectivity index (χ1n) is 7.97. The Labute approximate surface area is 145 Å². The summed E-state index contributed by atoms with van der Waals surface area (Å²) in [7, 11) is 1.58. The van der Waals surface area contributed by atoms with E-state index in [1.807, 2.05) is 19.1 Å². The predicted octanol–water partition coefficient (Wildman–Crippen LogP) is 1.36. The van der Waals surface area contributed by atoms with Crippen LogP contribution in [0.2, 0.25) is 0 Å². The normalized spacial score (nSPS) is 11.7. The molecule has 25 heavy (non-hydrogen) atoms. The van der Waals surface area contributed by atoms with E-state index in [1.54, 1.807) is 20.1 Å². The Balaban J connectivity index is 2.21. The molecule has 134 valence electrons. The Morgan fingerprint density at radius 1 is 1.32 bits per heavy atom. The number of nitrogens with one attached hydrogen (secondary N) is 2. The number of amides is 1. The molecule has 1 heterocycles. The number of aromatic amines is 1. The Bertz CT molecular complexity index is 803. The van der Waals surface area contributed by atoms with Crippen molar-refractivity contribution in [2.75, 3.05) is 13.7 Å². The van der Waals surface area contributed by atoms with Crippen LogP contribution in [0.4, 0.5) is 0 Å². The van der Waals surface area contributed by atoms with Gasteiger partial charge in [-0.2, -0.15) is 0 Å². The quantitative estimate of drug-likeness (QED) is 0.784. The number of carbonyl (C=O) groups excluding carboxylic acids is 1. The van der Waals surface area contributed by atoms with Crippen LogP contribution in [0.3, 0.4) is 0 Å². The van der Waals surface area contributed by atoms with Crippen molar-refractivity contribution < 1.29 is 14.3 Å². The van der Waals surface area contributed by atoms with Gasteiger partial charge in [-0.3, -0.25) is 9.59 Å². The number of benzene rings is 1. The Hall–Kier alpha value is -2.90. The van der Waals surface area contributed by atoms with Crippen molar-refractivity contribution in [2.45, 2.75) is 33.2 Å². The zero-order chi connectivity index (χ0) is 18.4. The van der Waals surface area contributed by atoms with Crippen molar-refractivity contribution in [2.24, 2.45) is 0 Å². The van der Waals surface area contributed by atoms with E-state index in [0.29, 0.717) is 30.4 Å². The van der Waals surface area contributed by atoms with Gasteiger partial charge in [-0.1, -0.05) is 6.07 Å². The first-order chi connectivity index (χ1) is 11.9. The topological polar surface area (TPSA) is 106 Å². The lowest BCUT2D eigenvalue weighted by Crippen LogP contribution is -2.31. The maximum atomic E-state index is 12.2.